The highest BCUT2D eigenvalue weighted by Crippen LogP contribution is 2.35. The molecule has 1 aromatic carbocycles. The highest BCUT2D eigenvalue weighted by Gasteiger charge is 2.32. The first-order chi connectivity index (χ1) is 9.66. The van der Waals surface area contributed by atoms with Gasteiger partial charge in [0.2, 0.25) is 6.79 Å². The van der Waals surface area contributed by atoms with Crippen molar-refractivity contribution < 1.29 is 14.6 Å². The number of fused-ring (bicyclic) bond motifs is 1. The Kier molecular flexibility index (Phi) is 3.85. The molecule has 0 spiro atoms. The number of hydrogen-bond acceptors (Lipinski definition) is 4. The predicted molar refractivity (Wildman–Crippen MR) is 76.9 cm³/mol. The van der Waals surface area contributed by atoms with E-state index >= 15 is 0 Å². The van der Waals surface area contributed by atoms with Crippen LogP contribution >= 0.6 is 0 Å². The van der Waals surface area contributed by atoms with E-state index < -0.39 is 5.60 Å². The van der Waals surface area contributed by atoms with Crippen LogP contribution in [0.1, 0.15) is 38.2 Å². The Balaban J connectivity index is 1.56. The molecule has 0 bridgehead atoms. The van der Waals surface area contributed by atoms with Gasteiger partial charge in [0.15, 0.2) is 11.5 Å². The lowest BCUT2D eigenvalue weighted by Crippen LogP contribution is -2.43. The number of rotatable bonds is 4. The summed E-state index contributed by atoms with van der Waals surface area (Å²) >= 11 is 0. The van der Waals surface area contributed by atoms with Gasteiger partial charge in [-0.05, 0) is 24.8 Å². The van der Waals surface area contributed by atoms with Crippen LogP contribution in [0.25, 0.3) is 0 Å². The molecule has 20 heavy (non-hydrogen) atoms. The van der Waals surface area contributed by atoms with Crippen LogP contribution < -0.4 is 14.8 Å². The molecule has 1 aromatic rings. The fraction of sp³-hybridized carbons (Fsp3) is 0.625. The molecule has 0 saturated heterocycles. The van der Waals surface area contributed by atoms with Gasteiger partial charge in [0.05, 0.1) is 5.60 Å². The van der Waals surface area contributed by atoms with E-state index in [4.69, 9.17) is 9.47 Å². The Bertz CT molecular complexity index is 477. The first-order valence-corrected chi connectivity index (χ1v) is 7.47. The summed E-state index contributed by atoms with van der Waals surface area (Å²) in [7, 11) is 0. The fourth-order valence-electron chi connectivity index (χ4n) is 3.35. The van der Waals surface area contributed by atoms with Gasteiger partial charge >= 0.3 is 0 Å². The molecule has 0 amide bonds. The molecule has 2 unspecified atom stereocenters. The van der Waals surface area contributed by atoms with Crippen molar-refractivity contribution in [3.05, 3.63) is 23.8 Å². The zero-order valence-electron chi connectivity index (χ0n) is 12.0. The van der Waals surface area contributed by atoms with Crippen molar-refractivity contribution in [2.24, 2.45) is 5.92 Å². The monoisotopic (exact) mass is 277 g/mol. The number of ether oxygens (including phenoxy) is 2. The third kappa shape index (κ3) is 2.91. The van der Waals surface area contributed by atoms with Crippen LogP contribution in [0, 0.1) is 5.92 Å². The van der Waals surface area contributed by atoms with Gasteiger partial charge in [-0.25, -0.2) is 0 Å². The summed E-state index contributed by atoms with van der Waals surface area (Å²) in [6, 6.07) is 5.93. The van der Waals surface area contributed by atoms with E-state index in [1.54, 1.807) is 0 Å². The molecule has 1 aliphatic heterocycles. The van der Waals surface area contributed by atoms with Crippen molar-refractivity contribution in [1.29, 1.82) is 0 Å². The highest BCUT2D eigenvalue weighted by atomic mass is 16.7. The standard InChI is InChI=1S/C16H23NO3/c1-12-4-3-7-16(18,8-12)10-17-9-13-5-2-6-14-15(13)20-11-19-14/h2,5-6,12,17-18H,3-4,7-11H2,1H3. The molecular weight excluding hydrogens is 254 g/mol. The Morgan fingerprint density at radius 3 is 3.15 bits per heavy atom. The van der Waals surface area contributed by atoms with Crippen LogP contribution in [0.3, 0.4) is 0 Å². The van der Waals surface area contributed by atoms with E-state index in [0.29, 0.717) is 25.8 Å². The highest BCUT2D eigenvalue weighted by molar-refractivity contribution is 5.48. The summed E-state index contributed by atoms with van der Waals surface area (Å²) in [4.78, 5) is 0. The Morgan fingerprint density at radius 2 is 2.30 bits per heavy atom. The lowest BCUT2D eigenvalue weighted by Gasteiger charge is -2.35. The molecule has 1 aliphatic carbocycles. The van der Waals surface area contributed by atoms with Crippen LogP contribution in [-0.2, 0) is 6.54 Å². The van der Waals surface area contributed by atoms with E-state index in [2.05, 4.69) is 12.2 Å². The summed E-state index contributed by atoms with van der Waals surface area (Å²) in [5.74, 6) is 2.27. The lowest BCUT2D eigenvalue weighted by molar-refractivity contribution is -0.0119. The molecular formula is C16H23NO3. The zero-order chi connectivity index (χ0) is 14.0. The van der Waals surface area contributed by atoms with E-state index in [1.807, 2.05) is 18.2 Å². The summed E-state index contributed by atoms with van der Waals surface area (Å²) in [6.45, 7) is 3.86. The molecule has 1 saturated carbocycles. The molecule has 2 N–H and O–H groups in total. The van der Waals surface area contributed by atoms with Crippen molar-refractivity contribution in [1.82, 2.24) is 5.32 Å². The van der Waals surface area contributed by atoms with Crippen molar-refractivity contribution in [2.75, 3.05) is 13.3 Å². The number of para-hydroxylation sites is 1. The topological polar surface area (TPSA) is 50.7 Å². The van der Waals surface area contributed by atoms with Crippen molar-refractivity contribution in [2.45, 2.75) is 44.8 Å². The van der Waals surface area contributed by atoms with E-state index in [1.165, 1.54) is 6.42 Å². The predicted octanol–water partition coefficient (Wildman–Crippen LogP) is 2.45. The smallest absolute Gasteiger partial charge is 0.231 e. The van der Waals surface area contributed by atoms with Gasteiger partial charge in [-0.1, -0.05) is 31.9 Å². The number of aliphatic hydroxyl groups is 1. The quantitative estimate of drug-likeness (QED) is 0.887. The fourth-order valence-corrected chi connectivity index (χ4v) is 3.35. The molecule has 2 atom stereocenters. The number of nitrogens with one attached hydrogen (secondary N) is 1. The Hall–Kier alpha value is -1.26. The van der Waals surface area contributed by atoms with Crippen LogP contribution in [0.2, 0.25) is 0 Å². The van der Waals surface area contributed by atoms with Crippen LogP contribution in [0.4, 0.5) is 0 Å². The third-order valence-corrected chi connectivity index (χ3v) is 4.32. The first-order valence-electron chi connectivity index (χ1n) is 7.47. The molecule has 3 rings (SSSR count). The molecule has 4 nitrogen and oxygen atoms in total. The largest absolute Gasteiger partial charge is 0.454 e. The Labute approximate surface area is 120 Å². The third-order valence-electron chi connectivity index (χ3n) is 4.32. The van der Waals surface area contributed by atoms with Gasteiger partial charge in [0.25, 0.3) is 0 Å². The van der Waals surface area contributed by atoms with Gasteiger partial charge in [-0.15, -0.1) is 0 Å². The molecule has 0 aromatic heterocycles. The minimum Gasteiger partial charge on any atom is -0.454 e. The molecule has 0 radical (unpaired) electrons. The molecule has 1 fully saturated rings. The van der Waals surface area contributed by atoms with E-state index in [-0.39, 0.29) is 0 Å². The molecule has 2 aliphatic rings. The van der Waals surface area contributed by atoms with Crippen molar-refractivity contribution >= 4 is 0 Å². The van der Waals surface area contributed by atoms with Crippen LogP contribution in [0.5, 0.6) is 11.5 Å². The first kappa shape index (κ1) is 13.7. The number of hydrogen-bond donors (Lipinski definition) is 2. The Morgan fingerprint density at radius 1 is 1.40 bits per heavy atom. The van der Waals surface area contributed by atoms with Gasteiger partial charge in [0, 0.05) is 18.7 Å². The minimum absolute atomic E-state index is 0.299. The van der Waals surface area contributed by atoms with E-state index in [9.17, 15) is 5.11 Å². The maximum Gasteiger partial charge on any atom is 0.231 e. The van der Waals surface area contributed by atoms with Gasteiger partial charge in [-0.2, -0.15) is 0 Å². The molecule has 4 heteroatoms. The summed E-state index contributed by atoms with van der Waals surface area (Å²) in [6.07, 6.45) is 4.15. The van der Waals surface area contributed by atoms with Gasteiger partial charge in [-0.3, -0.25) is 0 Å². The van der Waals surface area contributed by atoms with Gasteiger partial charge < -0.3 is 19.9 Å². The summed E-state index contributed by atoms with van der Waals surface area (Å²) in [5.41, 5.74) is 0.542. The second-order valence-corrected chi connectivity index (χ2v) is 6.18. The average Bonchev–Trinajstić information content (AvgIpc) is 2.87. The van der Waals surface area contributed by atoms with E-state index in [0.717, 1.165) is 36.3 Å². The molecule has 110 valence electrons. The average molecular weight is 277 g/mol. The zero-order valence-corrected chi connectivity index (χ0v) is 12.0. The van der Waals surface area contributed by atoms with Crippen molar-refractivity contribution in [3.63, 3.8) is 0 Å². The lowest BCUT2D eigenvalue weighted by atomic mass is 9.79. The molecule has 1 heterocycles. The van der Waals surface area contributed by atoms with Crippen LogP contribution in [-0.4, -0.2) is 24.0 Å². The normalized spacial score (nSPS) is 28.6. The maximum absolute atomic E-state index is 10.6. The minimum atomic E-state index is -0.549. The number of benzene rings is 1. The second kappa shape index (κ2) is 5.62. The van der Waals surface area contributed by atoms with Gasteiger partial charge in [0.1, 0.15) is 0 Å². The summed E-state index contributed by atoms with van der Waals surface area (Å²) in [5, 5.41) is 14.0. The SMILES string of the molecule is CC1CCCC(O)(CNCc2cccc3c2OCO3)C1. The maximum atomic E-state index is 10.6. The van der Waals surface area contributed by atoms with Crippen molar-refractivity contribution in [3.8, 4) is 11.5 Å². The summed E-state index contributed by atoms with van der Waals surface area (Å²) < 4.78 is 10.9. The van der Waals surface area contributed by atoms with Crippen LogP contribution in [0.15, 0.2) is 18.2 Å². The second-order valence-electron chi connectivity index (χ2n) is 6.18.